The van der Waals surface area contributed by atoms with Crippen LogP contribution in [0.3, 0.4) is 0 Å². The minimum atomic E-state index is 0.443. The van der Waals surface area contributed by atoms with Gasteiger partial charge in [0.1, 0.15) is 0 Å². The minimum Gasteiger partial charge on any atom is -0.378 e. The lowest BCUT2D eigenvalue weighted by Gasteiger charge is -2.49. The smallest absolute Gasteiger partial charge is 0.0587 e. The molecule has 0 aromatic heterocycles. The number of piperazine rings is 1. The van der Waals surface area contributed by atoms with Crippen LogP contribution >= 0.6 is 0 Å². The standard InChI is InChI=1S/C17H32N2O/c1-15-13-18-17(9-4-2-5-10-17)14-19(15)11-8-16-7-3-6-12-20-16/h15-16,18H,2-14H2,1H3. The maximum atomic E-state index is 5.90. The van der Waals surface area contributed by atoms with Crippen molar-refractivity contribution in [2.75, 3.05) is 26.2 Å². The Labute approximate surface area is 124 Å². The maximum Gasteiger partial charge on any atom is 0.0587 e. The Morgan fingerprint density at radius 3 is 2.75 bits per heavy atom. The molecule has 1 spiro atoms. The Morgan fingerprint density at radius 2 is 2.00 bits per heavy atom. The number of hydrogen-bond donors (Lipinski definition) is 1. The van der Waals surface area contributed by atoms with E-state index >= 15 is 0 Å². The average Bonchev–Trinajstić information content (AvgIpc) is 2.50. The zero-order chi connectivity index (χ0) is 13.8. The summed E-state index contributed by atoms with van der Waals surface area (Å²) in [6.45, 7) is 7.04. The third-order valence-corrected chi connectivity index (χ3v) is 5.72. The normalized spacial score (nSPS) is 35.2. The van der Waals surface area contributed by atoms with E-state index in [4.69, 9.17) is 4.74 Å². The highest BCUT2D eigenvalue weighted by atomic mass is 16.5. The third kappa shape index (κ3) is 3.55. The zero-order valence-electron chi connectivity index (χ0n) is 13.2. The molecule has 0 aromatic rings. The Morgan fingerprint density at radius 1 is 1.15 bits per heavy atom. The Kier molecular flexibility index (Phi) is 5.00. The lowest BCUT2D eigenvalue weighted by atomic mass is 9.79. The number of ether oxygens (including phenoxy) is 1. The van der Waals surface area contributed by atoms with Crippen LogP contribution in [0.4, 0.5) is 0 Å². The lowest BCUT2D eigenvalue weighted by molar-refractivity contribution is -0.00583. The average molecular weight is 280 g/mol. The highest BCUT2D eigenvalue weighted by Gasteiger charge is 2.38. The molecule has 2 unspecified atom stereocenters. The van der Waals surface area contributed by atoms with Crippen molar-refractivity contribution in [3.8, 4) is 0 Å². The van der Waals surface area contributed by atoms with E-state index in [1.807, 2.05) is 0 Å². The van der Waals surface area contributed by atoms with Crippen molar-refractivity contribution < 1.29 is 4.74 Å². The summed E-state index contributed by atoms with van der Waals surface area (Å²) < 4.78 is 5.90. The predicted octanol–water partition coefficient (Wildman–Crippen LogP) is 2.94. The van der Waals surface area contributed by atoms with E-state index in [-0.39, 0.29) is 0 Å². The second kappa shape index (κ2) is 6.76. The van der Waals surface area contributed by atoms with Crippen molar-refractivity contribution in [1.82, 2.24) is 10.2 Å². The molecule has 116 valence electrons. The molecule has 3 heteroatoms. The van der Waals surface area contributed by atoms with Gasteiger partial charge in [0.05, 0.1) is 6.10 Å². The highest BCUT2D eigenvalue weighted by Crippen LogP contribution is 2.32. The highest BCUT2D eigenvalue weighted by molar-refractivity contribution is 4.98. The number of nitrogens with one attached hydrogen (secondary N) is 1. The minimum absolute atomic E-state index is 0.443. The Balaban J connectivity index is 1.51. The van der Waals surface area contributed by atoms with Gasteiger partial charge in [0.15, 0.2) is 0 Å². The van der Waals surface area contributed by atoms with Crippen LogP contribution in [0.1, 0.15) is 64.7 Å². The first-order chi connectivity index (χ1) is 9.77. The largest absolute Gasteiger partial charge is 0.378 e. The summed E-state index contributed by atoms with van der Waals surface area (Å²) >= 11 is 0. The van der Waals surface area contributed by atoms with Gasteiger partial charge in [-0.1, -0.05) is 19.3 Å². The van der Waals surface area contributed by atoms with Gasteiger partial charge in [0, 0.05) is 37.8 Å². The molecule has 3 nitrogen and oxygen atoms in total. The summed E-state index contributed by atoms with van der Waals surface area (Å²) in [5, 5.41) is 3.88. The molecule has 0 aromatic carbocycles. The van der Waals surface area contributed by atoms with Gasteiger partial charge < -0.3 is 10.1 Å². The molecule has 2 atom stereocenters. The predicted molar refractivity (Wildman–Crippen MR) is 83.1 cm³/mol. The molecule has 3 rings (SSSR count). The van der Waals surface area contributed by atoms with E-state index < -0.39 is 0 Å². The summed E-state index contributed by atoms with van der Waals surface area (Å²) in [6, 6.07) is 0.686. The molecular weight excluding hydrogens is 248 g/mol. The summed E-state index contributed by atoms with van der Waals surface area (Å²) in [5.41, 5.74) is 0.443. The molecule has 2 heterocycles. The summed E-state index contributed by atoms with van der Waals surface area (Å²) in [5.74, 6) is 0. The molecule has 2 aliphatic heterocycles. The van der Waals surface area contributed by atoms with Crippen LogP contribution in [0.15, 0.2) is 0 Å². The van der Waals surface area contributed by atoms with E-state index in [0.29, 0.717) is 17.7 Å². The molecule has 0 bridgehead atoms. The SMILES string of the molecule is CC1CNC2(CCCCC2)CN1CCC1CCCCO1. The first kappa shape index (κ1) is 14.8. The molecule has 20 heavy (non-hydrogen) atoms. The van der Waals surface area contributed by atoms with Crippen molar-refractivity contribution in [3.05, 3.63) is 0 Å². The molecule has 2 saturated heterocycles. The van der Waals surface area contributed by atoms with E-state index in [1.54, 1.807) is 0 Å². The summed E-state index contributed by atoms with van der Waals surface area (Å²) in [6.07, 6.45) is 12.7. The van der Waals surface area contributed by atoms with E-state index in [1.165, 1.54) is 77.4 Å². The van der Waals surface area contributed by atoms with Gasteiger partial charge in [-0.15, -0.1) is 0 Å². The van der Waals surface area contributed by atoms with Gasteiger partial charge in [0.2, 0.25) is 0 Å². The van der Waals surface area contributed by atoms with Crippen LogP contribution in [0, 0.1) is 0 Å². The third-order valence-electron chi connectivity index (χ3n) is 5.72. The Hall–Kier alpha value is -0.120. The van der Waals surface area contributed by atoms with E-state index in [9.17, 15) is 0 Å². The fourth-order valence-electron chi connectivity index (χ4n) is 4.30. The first-order valence-electron chi connectivity index (χ1n) is 8.88. The fourth-order valence-corrected chi connectivity index (χ4v) is 4.30. The second-order valence-electron chi connectivity index (χ2n) is 7.32. The molecule has 1 N–H and O–H groups in total. The van der Waals surface area contributed by atoms with Crippen molar-refractivity contribution in [1.29, 1.82) is 0 Å². The lowest BCUT2D eigenvalue weighted by Crippen LogP contribution is -2.64. The van der Waals surface area contributed by atoms with Crippen molar-refractivity contribution in [2.45, 2.75) is 82.4 Å². The van der Waals surface area contributed by atoms with Crippen LogP contribution in [-0.2, 0) is 4.74 Å². The first-order valence-corrected chi connectivity index (χ1v) is 8.88. The Bertz CT molecular complexity index is 295. The number of rotatable bonds is 3. The van der Waals surface area contributed by atoms with Crippen molar-refractivity contribution in [2.24, 2.45) is 0 Å². The van der Waals surface area contributed by atoms with Crippen molar-refractivity contribution >= 4 is 0 Å². The van der Waals surface area contributed by atoms with Gasteiger partial charge in [-0.2, -0.15) is 0 Å². The fraction of sp³-hybridized carbons (Fsp3) is 1.00. The van der Waals surface area contributed by atoms with Crippen LogP contribution in [0.2, 0.25) is 0 Å². The molecule has 3 fully saturated rings. The number of nitrogens with zero attached hydrogens (tertiary/aromatic N) is 1. The maximum absolute atomic E-state index is 5.90. The van der Waals surface area contributed by atoms with Gasteiger partial charge in [-0.25, -0.2) is 0 Å². The van der Waals surface area contributed by atoms with Crippen LogP contribution < -0.4 is 5.32 Å². The van der Waals surface area contributed by atoms with Crippen LogP contribution in [0.25, 0.3) is 0 Å². The van der Waals surface area contributed by atoms with E-state index in [2.05, 4.69) is 17.1 Å². The molecule has 1 aliphatic carbocycles. The van der Waals surface area contributed by atoms with Gasteiger partial charge in [-0.05, 0) is 45.4 Å². The number of hydrogen-bond acceptors (Lipinski definition) is 3. The molecule has 1 saturated carbocycles. The molecule has 0 amide bonds. The molecule has 3 aliphatic rings. The monoisotopic (exact) mass is 280 g/mol. The second-order valence-corrected chi connectivity index (χ2v) is 7.32. The molecular formula is C17H32N2O. The van der Waals surface area contributed by atoms with Crippen molar-refractivity contribution in [3.63, 3.8) is 0 Å². The summed E-state index contributed by atoms with van der Waals surface area (Å²) in [4.78, 5) is 2.74. The van der Waals surface area contributed by atoms with Crippen LogP contribution in [0.5, 0.6) is 0 Å². The van der Waals surface area contributed by atoms with Gasteiger partial charge >= 0.3 is 0 Å². The quantitative estimate of drug-likeness (QED) is 0.860. The van der Waals surface area contributed by atoms with E-state index in [0.717, 1.165) is 6.61 Å². The van der Waals surface area contributed by atoms with Crippen LogP contribution in [-0.4, -0.2) is 48.8 Å². The van der Waals surface area contributed by atoms with Gasteiger partial charge in [0.25, 0.3) is 0 Å². The topological polar surface area (TPSA) is 24.5 Å². The molecule has 0 radical (unpaired) electrons. The van der Waals surface area contributed by atoms with Gasteiger partial charge in [-0.3, -0.25) is 4.90 Å². The summed E-state index contributed by atoms with van der Waals surface area (Å²) in [7, 11) is 0. The zero-order valence-corrected chi connectivity index (χ0v) is 13.2.